The Bertz CT molecular complexity index is 1260. The van der Waals surface area contributed by atoms with Gasteiger partial charge in [0.1, 0.15) is 0 Å². The smallest absolute Gasteiger partial charge is 0.325 e. The number of thioether (sulfide) groups is 2. The van der Waals surface area contributed by atoms with Gasteiger partial charge >= 0.3 is 6.03 Å². The van der Waals surface area contributed by atoms with E-state index >= 15 is 0 Å². The summed E-state index contributed by atoms with van der Waals surface area (Å²) in [5.74, 6) is 0.161. The molecule has 1 aliphatic carbocycles. The van der Waals surface area contributed by atoms with Crippen molar-refractivity contribution in [1.29, 1.82) is 0 Å². The summed E-state index contributed by atoms with van der Waals surface area (Å²) in [4.78, 5) is 33.5. The first-order valence-corrected chi connectivity index (χ1v) is 12.7. The summed E-state index contributed by atoms with van der Waals surface area (Å²) in [7, 11) is 0. The zero-order valence-electron chi connectivity index (χ0n) is 18.1. The molecule has 2 aromatic carbocycles. The molecule has 0 radical (unpaired) electrons. The van der Waals surface area contributed by atoms with Crippen LogP contribution in [0.25, 0.3) is 0 Å². The van der Waals surface area contributed by atoms with E-state index in [0.717, 1.165) is 15.5 Å². The number of carbonyl (C=O) groups is 2. The van der Waals surface area contributed by atoms with Crippen molar-refractivity contribution >= 4 is 52.5 Å². The maximum atomic E-state index is 13.4. The topological polar surface area (TPSA) is 74.3 Å². The van der Waals surface area contributed by atoms with Crippen LogP contribution >= 0.6 is 23.5 Å². The lowest BCUT2D eigenvalue weighted by molar-refractivity contribution is -0.113. The van der Waals surface area contributed by atoms with Crippen LogP contribution in [0, 0.1) is 0 Å². The van der Waals surface area contributed by atoms with Gasteiger partial charge in [-0.15, -0.1) is 23.5 Å². The van der Waals surface area contributed by atoms with Gasteiger partial charge in [0.2, 0.25) is 5.91 Å². The fourth-order valence-corrected chi connectivity index (χ4v) is 5.87. The summed E-state index contributed by atoms with van der Waals surface area (Å²) in [6, 6.07) is 18.8. The number of fused-ring (bicyclic) bond motifs is 2. The van der Waals surface area contributed by atoms with Crippen LogP contribution < -0.4 is 15.5 Å². The maximum Gasteiger partial charge on any atom is 0.326 e. The Kier molecular flexibility index (Phi) is 6.69. The standard InChI is InChI=1S/C26H22N4O2S2/c31-25(28-18-12-14-27-15-13-18)17-33-20-7-5-6-19(16-20)29-26(32)30-21-8-1-3-10-23(21)34-24-11-4-2-9-22(24)30/h1-16,21,23H,17H2,(H,29,32)(H,27,28,31). The second-order valence-electron chi connectivity index (χ2n) is 7.71. The molecular weight excluding hydrogens is 464 g/mol. The lowest BCUT2D eigenvalue weighted by Gasteiger charge is -2.40. The summed E-state index contributed by atoms with van der Waals surface area (Å²) in [5, 5.41) is 6.07. The number of aromatic nitrogens is 1. The van der Waals surface area contributed by atoms with E-state index in [0.29, 0.717) is 11.4 Å². The minimum Gasteiger partial charge on any atom is -0.325 e. The second kappa shape index (κ2) is 10.2. The molecule has 3 aromatic rings. The quantitative estimate of drug-likeness (QED) is 0.445. The average molecular weight is 487 g/mol. The van der Waals surface area contributed by atoms with Crippen molar-refractivity contribution in [1.82, 2.24) is 4.98 Å². The number of hydrogen-bond acceptors (Lipinski definition) is 5. The number of hydrogen-bond donors (Lipinski definition) is 2. The van der Waals surface area contributed by atoms with Crippen LogP contribution in [-0.2, 0) is 4.79 Å². The van der Waals surface area contributed by atoms with Gasteiger partial charge in [0.05, 0.1) is 22.7 Å². The monoisotopic (exact) mass is 486 g/mol. The first-order chi connectivity index (χ1) is 16.7. The van der Waals surface area contributed by atoms with Gasteiger partial charge < -0.3 is 10.6 Å². The molecule has 170 valence electrons. The Morgan fingerprint density at radius 2 is 1.76 bits per heavy atom. The van der Waals surface area contributed by atoms with Gasteiger partial charge in [-0.2, -0.15) is 0 Å². The number of benzene rings is 2. The third-order valence-corrected chi connectivity index (χ3v) is 7.68. The van der Waals surface area contributed by atoms with E-state index in [-0.39, 0.29) is 29.0 Å². The lowest BCUT2D eigenvalue weighted by Crippen LogP contribution is -2.49. The molecule has 0 spiro atoms. The summed E-state index contributed by atoms with van der Waals surface area (Å²) in [5.41, 5.74) is 2.31. The zero-order chi connectivity index (χ0) is 23.3. The molecule has 0 saturated carbocycles. The summed E-state index contributed by atoms with van der Waals surface area (Å²) in [6.07, 6.45) is 11.5. The van der Waals surface area contributed by atoms with Crippen molar-refractivity contribution in [2.24, 2.45) is 0 Å². The molecule has 6 nitrogen and oxygen atoms in total. The molecule has 5 rings (SSSR count). The van der Waals surface area contributed by atoms with E-state index < -0.39 is 0 Å². The summed E-state index contributed by atoms with van der Waals surface area (Å²) >= 11 is 3.19. The van der Waals surface area contributed by atoms with Gasteiger partial charge in [0.15, 0.2) is 0 Å². The van der Waals surface area contributed by atoms with Crippen molar-refractivity contribution in [2.75, 3.05) is 21.3 Å². The van der Waals surface area contributed by atoms with Crippen LogP contribution in [-0.4, -0.2) is 34.0 Å². The molecule has 8 heteroatoms. The van der Waals surface area contributed by atoms with E-state index in [4.69, 9.17) is 0 Å². The first kappa shape index (κ1) is 22.3. The van der Waals surface area contributed by atoms with Crippen molar-refractivity contribution < 1.29 is 9.59 Å². The molecule has 2 aliphatic rings. The Balaban J connectivity index is 1.27. The molecule has 1 aromatic heterocycles. The molecule has 3 amide bonds. The zero-order valence-corrected chi connectivity index (χ0v) is 19.8. The highest BCUT2D eigenvalue weighted by atomic mass is 32.2. The highest BCUT2D eigenvalue weighted by Gasteiger charge is 2.36. The van der Waals surface area contributed by atoms with Gasteiger partial charge in [-0.3, -0.25) is 14.7 Å². The highest BCUT2D eigenvalue weighted by molar-refractivity contribution is 8.00. The molecule has 2 atom stereocenters. The summed E-state index contributed by atoms with van der Waals surface area (Å²) < 4.78 is 0. The van der Waals surface area contributed by atoms with Crippen LogP contribution in [0.15, 0.2) is 107 Å². The number of allylic oxidation sites excluding steroid dienone is 2. The van der Waals surface area contributed by atoms with Crippen LogP contribution in [0.2, 0.25) is 0 Å². The van der Waals surface area contributed by atoms with Crippen LogP contribution in [0.4, 0.5) is 21.9 Å². The van der Waals surface area contributed by atoms with Gasteiger partial charge in [-0.05, 0) is 42.5 Å². The molecule has 2 heterocycles. The molecule has 34 heavy (non-hydrogen) atoms. The predicted molar refractivity (Wildman–Crippen MR) is 140 cm³/mol. The maximum absolute atomic E-state index is 13.4. The molecule has 2 unspecified atom stereocenters. The van der Waals surface area contributed by atoms with Crippen LogP contribution in [0.1, 0.15) is 0 Å². The third kappa shape index (κ3) is 5.03. The molecule has 0 saturated heterocycles. The Labute approximate surface area is 206 Å². The average Bonchev–Trinajstić information content (AvgIpc) is 2.87. The second-order valence-corrected chi connectivity index (χ2v) is 9.98. The van der Waals surface area contributed by atoms with Gasteiger partial charge in [0, 0.05) is 33.6 Å². The predicted octanol–water partition coefficient (Wildman–Crippen LogP) is 5.82. The number of rotatable bonds is 5. The van der Waals surface area contributed by atoms with Gasteiger partial charge in [-0.25, -0.2) is 4.79 Å². The van der Waals surface area contributed by atoms with Crippen LogP contribution in [0.5, 0.6) is 0 Å². The lowest BCUT2D eigenvalue weighted by atomic mass is 10.1. The van der Waals surface area contributed by atoms with Gasteiger partial charge in [0.25, 0.3) is 0 Å². The molecule has 1 aliphatic heterocycles. The number of anilines is 3. The first-order valence-electron chi connectivity index (χ1n) is 10.8. The van der Waals surface area contributed by atoms with Crippen molar-refractivity contribution in [3.63, 3.8) is 0 Å². The Morgan fingerprint density at radius 1 is 0.941 bits per heavy atom. The number of amides is 3. The van der Waals surface area contributed by atoms with E-state index in [2.05, 4.69) is 33.8 Å². The van der Waals surface area contributed by atoms with E-state index in [1.807, 2.05) is 59.5 Å². The fourth-order valence-electron chi connectivity index (χ4n) is 3.85. The molecule has 0 fully saturated rings. The van der Waals surface area contributed by atoms with E-state index in [1.165, 1.54) is 11.8 Å². The van der Waals surface area contributed by atoms with Crippen molar-refractivity contribution in [2.45, 2.75) is 21.1 Å². The van der Waals surface area contributed by atoms with E-state index in [9.17, 15) is 9.59 Å². The largest absolute Gasteiger partial charge is 0.326 e. The molecule has 0 bridgehead atoms. The number of nitrogens with zero attached hydrogens (tertiary/aromatic N) is 2. The van der Waals surface area contributed by atoms with Crippen LogP contribution in [0.3, 0.4) is 0 Å². The number of pyridine rings is 1. The molecular formula is C26H22N4O2S2. The van der Waals surface area contributed by atoms with E-state index in [1.54, 1.807) is 36.3 Å². The SMILES string of the molecule is O=C(CSc1cccc(NC(=O)N2c3ccccc3SC3C=CC=CC32)c1)Nc1ccncc1. The number of urea groups is 1. The van der Waals surface area contributed by atoms with Crippen molar-refractivity contribution in [3.05, 3.63) is 97.4 Å². The van der Waals surface area contributed by atoms with Gasteiger partial charge in [-0.1, -0.05) is 42.5 Å². The normalized spacial score (nSPS) is 18.1. The van der Waals surface area contributed by atoms with Crippen molar-refractivity contribution in [3.8, 4) is 0 Å². The Morgan fingerprint density at radius 3 is 2.65 bits per heavy atom. The number of nitrogens with one attached hydrogen (secondary N) is 2. The minimum atomic E-state index is -0.180. The summed E-state index contributed by atoms with van der Waals surface area (Å²) in [6.45, 7) is 0. The number of para-hydroxylation sites is 1. The third-order valence-electron chi connectivity index (χ3n) is 5.38. The fraction of sp³-hybridized carbons (Fsp3) is 0.115. The number of carbonyl (C=O) groups excluding carboxylic acids is 2. The molecule has 2 N–H and O–H groups in total. The highest BCUT2D eigenvalue weighted by Crippen LogP contribution is 2.43. The minimum absolute atomic E-state index is 0.0562. The Hall–Kier alpha value is -3.49.